The Morgan fingerprint density at radius 1 is 1.73 bits per heavy atom. The van der Waals surface area contributed by atoms with E-state index in [1.54, 1.807) is 16.7 Å². The standard InChI is InChI=1S/C9H12BrNO3S/c1-9(2)7(8(13)14-4-10)11-5(12)3-6(11)15-9/h6-7H,3-4H2,1-2H3/t6-,7+/m1/s1. The van der Waals surface area contributed by atoms with Gasteiger partial charge in [0.1, 0.15) is 11.6 Å². The highest BCUT2D eigenvalue weighted by molar-refractivity contribution is 9.09. The highest BCUT2D eigenvalue weighted by Crippen LogP contribution is 2.50. The maximum absolute atomic E-state index is 11.7. The quantitative estimate of drug-likeness (QED) is 0.438. The van der Waals surface area contributed by atoms with Gasteiger partial charge in [-0.25, -0.2) is 4.79 Å². The zero-order valence-electron chi connectivity index (χ0n) is 8.53. The number of hydrogen-bond acceptors (Lipinski definition) is 4. The molecule has 2 atom stereocenters. The van der Waals surface area contributed by atoms with E-state index in [1.807, 2.05) is 13.8 Å². The summed E-state index contributed by atoms with van der Waals surface area (Å²) in [4.78, 5) is 24.8. The Labute approximate surface area is 101 Å². The second kappa shape index (κ2) is 3.66. The second-order valence-corrected chi connectivity index (χ2v) is 6.45. The molecule has 2 aliphatic rings. The number of thioether (sulfide) groups is 1. The summed E-state index contributed by atoms with van der Waals surface area (Å²) in [6, 6.07) is -0.439. The van der Waals surface area contributed by atoms with Crippen LogP contribution in [-0.4, -0.2) is 38.5 Å². The van der Waals surface area contributed by atoms with Crippen molar-refractivity contribution in [3.8, 4) is 0 Å². The second-order valence-electron chi connectivity index (χ2n) is 4.16. The number of nitrogens with zero attached hydrogens (tertiary/aromatic N) is 1. The van der Waals surface area contributed by atoms with Crippen molar-refractivity contribution in [1.82, 2.24) is 4.90 Å². The predicted molar refractivity (Wildman–Crippen MR) is 60.6 cm³/mol. The molecule has 0 bridgehead atoms. The van der Waals surface area contributed by atoms with Crippen molar-refractivity contribution in [2.24, 2.45) is 0 Å². The van der Waals surface area contributed by atoms with Crippen LogP contribution >= 0.6 is 27.7 Å². The van der Waals surface area contributed by atoms with Gasteiger partial charge in [0.05, 0.1) is 11.8 Å². The number of alkyl halides is 1. The maximum atomic E-state index is 11.7. The average molecular weight is 294 g/mol. The Balaban J connectivity index is 2.19. The molecule has 4 nitrogen and oxygen atoms in total. The first-order valence-corrected chi connectivity index (χ1v) is 6.69. The van der Waals surface area contributed by atoms with Crippen molar-refractivity contribution < 1.29 is 14.3 Å². The minimum Gasteiger partial charge on any atom is -0.452 e. The molecule has 1 amide bonds. The van der Waals surface area contributed by atoms with Gasteiger partial charge in [-0.1, -0.05) is 0 Å². The molecule has 0 aliphatic carbocycles. The fourth-order valence-electron chi connectivity index (χ4n) is 2.09. The molecule has 2 heterocycles. The van der Waals surface area contributed by atoms with Crippen LogP contribution in [0.2, 0.25) is 0 Å². The molecule has 2 fully saturated rings. The number of carbonyl (C=O) groups excluding carboxylic acids is 2. The molecule has 0 aromatic carbocycles. The first-order valence-electron chi connectivity index (χ1n) is 4.69. The molecule has 0 unspecified atom stereocenters. The van der Waals surface area contributed by atoms with Crippen LogP contribution in [0.1, 0.15) is 20.3 Å². The number of fused-ring (bicyclic) bond motifs is 1. The third kappa shape index (κ3) is 1.67. The van der Waals surface area contributed by atoms with Crippen molar-refractivity contribution >= 4 is 39.6 Å². The Kier molecular flexibility index (Phi) is 2.75. The van der Waals surface area contributed by atoms with E-state index in [0.29, 0.717) is 6.42 Å². The highest BCUT2D eigenvalue weighted by atomic mass is 79.9. The van der Waals surface area contributed by atoms with Crippen molar-refractivity contribution in [2.45, 2.75) is 36.4 Å². The van der Waals surface area contributed by atoms with Crippen LogP contribution in [0.4, 0.5) is 0 Å². The minimum atomic E-state index is -0.439. The largest absolute Gasteiger partial charge is 0.452 e. The van der Waals surface area contributed by atoms with Gasteiger partial charge in [0, 0.05) is 4.75 Å². The summed E-state index contributed by atoms with van der Waals surface area (Å²) in [6.07, 6.45) is 0.548. The summed E-state index contributed by atoms with van der Waals surface area (Å²) in [5, 5.41) is 0.167. The molecule has 0 aromatic rings. The first kappa shape index (κ1) is 11.3. The molecule has 0 aromatic heterocycles. The zero-order valence-corrected chi connectivity index (χ0v) is 10.9. The van der Waals surface area contributed by atoms with Gasteiger partial charge in [-0.05, 0) is 29.8 Å². The lowest BCUT2D eigenvalue weighted by atomic mass is 9.98. The van der Waals surface area contributed by atoms with Crippen LogP contribution in [0.25, 0.3) is 0 Å². The summed E-state index contributed by atoms with van der Waals surface area (Å²) < 4.78 is 4.68. The SMILES string of the molecule is CC1(C)S[C@@H]2CC(=O)N2[C@H]1C(=O)OCBr. The number of halogens is 1. The van der Waals surface area contributed by atoms with E-state index in [1.165, 1.54) is 0 Å². The Bertz CT molecular complexity index is 320. The van der Waals surface area contributed by atoms with Gasteiger partial charge in [-0.3, -0.25) is 4.79 Å². The van der Waals surface area contributed by atoms with Gasteiger partial charge >= 0.3 is 5.97 Å². The van der Waals surface area contributed by atoms with E-state index in [9.17, 15) is 9.59 Å². The molecule has 0 N–H and O–H groups in total. The van der Waals surface area contributed by atoms with Crippen molar-refractivity contribution in [3.05, 3.63) is 0 Å². The number of rotatable bonds is 2. The number of β-lactam (4-membered cyclic amide) rings is 1. The molecule has 84 valence electrons. The summed E-state index contributed by atoms with van der Waals surface area (Å²) in [5.41, 5.74) is 0.176. The third-order valence-electron chi connectivity index (χ3n) is 2.74. The number of hydrogen-bond donors (Lipinski definition) is 0. The van der Waals surface area contributed by atoms with E-state index in [0.717, 1.165) is 0 Å². The normalized spacial score (nSPS) is 32.2. The van der Waals surface area contributed by atoms with Gasteiger partial charge in [0.25, 0.3) is 0 Å². The fourth-order valence-corrected chi connectivity index (χ4v) is 3.93. The lowest BCUT2D eigenvalue weighted by molar-refractivity contribution is -0.159. The van der Waals surface area contributed by atoms with E-state index < -0.39 is 6.04 Å². The van der Waals surface area contributed by atoms with Crippen LogP contribution in [0.15, 0.2) is 0 Å². The monoisotopic (exact) mass is 293 g/mol. The zero-order chi connectivity index (χ0) is 11.2. The lowest BCUT2D eigenvalue weighted by Crippen LogP contribution is -2.57. The minimum absolute atomic E-state index is 0.0506. The van der Waals surface area contributed by atoms with Crippen LogP contribution in [0.3, 0.4) is 0 Å². The summed E-state index contributed by atoms with van der Waals surface area (Å²) in [6.45, 7) is 3.95. The molecular formula is C9H12BrNO3S. The van der Waals surface area contributed by atoms with Crippen LogP contribution in [-0.2, 0) is 14.3 Å². The molecule has 0 radical (unpaired) electrons. The van der Waals surface area contributed by atoms with Gasteiger partial charge < -0.3 is 9.64 Å². The number of ether oxygens (including phenoxy) is 1. The summed E-state index contributed by atoms with van der Waals surface area (Å²) >= 11 is 4.72. The van der Waals surface area contributed by atoms with Gasteiger partial charge in [0.2, 0.25) is 5.91 Å². The highest BCUT2D eigenvalue weighted by Gasteiger charge is 2.58. The molecule has 2 aliphatic heterocycles. The molecule has 2 rings (SSSR count). The molecule has 15 heavy (non-hydrogen) atoms. The van der Waals surface area contributed by atoms with Crippen molar-refractivity contribution in [3.63, 3.8) is 0 Å². The van der Waals surface area contributed by atoms with E-state index in [-0.39, 0.29) is 27.5 Å². The smallest absolute Gasteiger partial charge is 0.331 e. The van der Waals surface area contributed by atoms with Crippen molar-refractivity contribution in [2.75, 3.05) is 5.52 Å². The Morgan fingerprint density at radius 2 is 2.40 bits per heavy atom. The summed E-state index contributed by atoms with van der Waals surface area (Å²) in [7, 11) is 0. The molecule has 0 spiro atoms. The van der Waals surface area contributed by atoms with E-state index >= 15 is 0 Å². The Hall–Kier alpha value is -0.230. The number of amides is 1. The Morgan fingerprint density at radius 3 is 2.93 bits per heavy atom. The summed E-state index contributed by atoms with van der Waals surface area (Å²) in [5.74, 6) is -0.269. The predicted octanol–water partition coefficient (Wildman–Crippen LogP) is 1.33. The van der Waals surface area contributed by atoms with Crippen molar-refractivity contribution in [1.29, 1.82) is 0 Å². The molecule has 0 saturated carbocycles. The third-order valence-corrected chi connectivity index (χ3v) is 4.47. The van der Waals surface area contributed by atoms with E-state index in [4.69, 9.17) is 4.74 Å². The molecular weight excluding hydrogens is 282 g/mol. The maximum Gasteiger partial charge on any atom is 0.331 e. The van der Waals surface area contributed by atoms with Gasteiger partial charge in [-0.15, -0.1) is 11.8 Å². The number of esters is 1. The first-order chi connectivity index (χ1) is 6.97. The van der Waals surface area contributed by atoms with Crippen LogP contribution in [0.5, 0.6) is 0 Å². The van der Waals surface area contributed by atoms with Gasteiger partial charge in [-0.2, -0.15) is 0 Å². The molecule has 6 heteroatoms. The number of carbonyl (C=O) groups is 2. The van der Waals surface area contributed by atoms with Crippen LogP contribution in [0, 0.1) is 0 Å². The van der Waals surface area contributed by atoms with E-state index in [2.05, 4.69) is 15.9 Å². The lowest BCUT2D eigenvalue weighted by Gasteiger charge is -2.37. The average Bonchev–Trinajstić information content (AvgIpc) is 2.33. The molecule has 2 saturated heterocycles. The van der Waals surface area contributed by atoms with Crippen LogP contribution < -0.4 is 0 Å². The fraction of sp³-hybridized carbons (Fsp3) is 0.778. The van der Waals surface area contributed by atoms with Gasteiger partial charge in [0.15, 0.2) is 0 Å². The topological polar surface area (TPSA) is 46.6 Å².